The van der Waals surface area contributed by atoms with Gasteiger partial charge in [0.25, 0.3) is 0 Å². The first-order valence-corrected chi connectivity index (χ1v) is 15.1. The first-order chi connectivity index (χ1) is 18.9. The van der Waals surface area contributed by atoms with Crippen molar-refractivity contribution in [2.75, 3.05) is 36.3 Å². The molecule has 3 amide bonds. The maximum absolute atomic E-state index is 13.6. The molecule has 0 saturated carbocycles. The number of amides is 3. The Morgan fingerprint density at radius 2 is 1.68 bits per heavy atom. The topological polar surface area (TPSA) is 125 Å². The third kappa shape index (κ3) is 5.35. The summed E-state index contributed by atoms with van der Waals surface area (Å²) in [6.45, 7) is 6.09. The van der Waals surface area contributed by atoms with Crippen LogP contribution in [0.5, 0.6) is 0 Å². The zero-order valence-corrected chi connectivity index (χ0v) is 24.5. The van der Waals surface area contributed by atoms with Crippen LogP contribution in [0.2, 0.25) is 0 Å². The summed E-state index contributed by atoms with van der Waals surface area (Å²) in [5, 5.41) is 12.3. The summed E-state index contributed by atoms with van der Waals surface area (Å²) >= 11 is 1.30. The number of anilines is 2. The number of hydrogen-bond donors (Lipinski definition) is 1. The Kier molecular flexibility index (Phi) is 7.21. The minimum Gasteiger partial charge on any atom is -0.443 e. The quantitative estimate of drug-likeness (QED) is 0.471. The molecular weight excluding hydrogens is 552 g/mol. The average molecular weight is 585 g/mol. The molecule has 0 radical (unpaired) electrons. The van der Waals surface area contributed by atoms with E-state index in [0.717, 1.165) is 11.1 Å². The van der Waals surface area contributed by atoms with E-state index in [1.807, 2.05) is 42.5 Å². The van der Waals surface area contributed by atoms with Crippen LogP contribution in [0, 0.1) is 0 Å². The van der Waals surface area contributed by atoms with Crippen molar-refractivity contribution in [1.82, 2.24) is 19.4 Å². The lowest BCUT2D eigenvalue weighted by Gasteiger charge is -2.39. The molecule has 2 aromatic carbocycles. The standard InChI is InChI=1S/C27H32N6O5S2/c1-26(2,3)38-25(35)31(4)40(36,37)33-18-27(20-12-8-9-13-21(20)33)14-16-32(17-15-27)24(34)28-23-30-29-22(39-23)19-10-6-5-7-11-19/h5-13H,14-18H2,1-4H3,(H,28,30,34). The van der Waals surface area contributed by atoms with Gasteiger partial charge in [-0.05, 0) is 45.2 Å². The van der Waals surface area contributed by atoms with E-state index in [4.69, 9.17) is 4.74 Å². The van der Waals surface area contributed by atoms with Crippen molar-refractivity contribution in [2.45, 2.75) is 44.6 Å². The molecule has 2 aliphatic heterocycles. The summed E-state index contributed by atoms with van der Waals surface area (Å²) in [5.74, 6) is 0. The summed E-state index contributed by atoms with van der Waals surface area (Å²) < 4.78 is 34.4. The third-order valence-corrected chi connectivity index (χ3v) is 9.74. The van der Waals surface area contributed by atoms with E-state index in [1.165, 1.54) is 22.7 Å². The number of hydrogen-bond acceptors (Lipinski definition) is 8. The number of fused-ring (bicyclic) bond motifs is 2. The van der Waals surface area contributed by atoms with Gasteiger partial charge in [-0.2, -0.15) is 12.7 Å². The molecule has 3 heterocycles. The van der Waals surface area contributed by atoms with Crippen molar-refractivity contribution < 1.29 is 22.7 Å². The highest BCUT2D eigenvalue weighted by atomic mass is 32.2. The molecule has 1 spiro atoms. The van der Waals surface area contributed by atoms with Crippen molar-refractivity contribution in [2.24, 2.45) is 0 Å². The molecule has 212 valence electrons. The minimum absolute atomic E-state index is 0.175. The highest BCUT2D eigenvalue weighted by Crippen LogP contribution is 2.48. The van der Waals surface area contributed by atoms with Gasteiger partial charge in [0.05, 0.1) is 5.69 Å². The van der Waals surface area contributed by atoms with Gasteiger partial charge in [-0.1, -0.05) is 59.9 Å². The Labute approximate surface area is 237 Å². The Morgan fingerprint density at radius 1 is 1.02 bits per heavy atom. The molecule has 1 saturated heterocycles. The van der Waals surface area contributed by atoms with Gasteiger partial charge < -0.3 is 9.64 Å². The smallest absolute Gasteiger partial charge is 0.425 e. The van der Waals surface area contributed by atoms with E-state index in [-0.39, 0.29) is 12.6 Å². The van der Waals surface area contributed by atoms with Crippen molar-refractivity contribution >= 4 is 44.5 Å². The largest absolute Gasteiger partial charge is 0.443 e. The van der Waals surface area contributed by atoms with E-state index in [9.17, 15) is 18.0 Å². The summed E-state index contributed by atoms with van der Waals surface area (Å²) in [7, 11) is -3.00. The number of aromatic nitrogens is 2. The van der Waals surface area contributed by atoms with Crippen molar-refractivity contribution in [3.05, 3.63) is 60.2 Å². The number of piperidine rings is 1. The van der Waals surface area contributed by atoms with Gasteiger partial charge in [-0.25, -0.2) is 9.59 Å². The van der Waals surface area contributed by atoms with Gasteiger partial charge in [0.15, 0.2) is 0 Å². The zero-order chi connectivity index (χ0) is 28.7. The summed E-state index contributed by atoms with van der Waals surface area (Å²) in [6.07, 6.45) is 0.181. The van der Waals surface area contributed by atoms with Gasteiger partial charge >= 0.3 is 22.3 Å². The summed E-state index contributed by atoms with van der Waals surface area (Å²) in [5.41, 5.74) is 1.04. The number of nitrogens with one attached hydrogen (secondary N) is 1. The molecule has 0 aliphatic carbocycles. The van der Waals surface area contributed by atoms with E-state index < -0.39 is 27.3 Å². The maximum atomic E-state index is 13.6. The van der Waals surface area contributed by atoms with Crippen LogP contribution in [0.3, 0.4) is 0 Å². The molecule has 5 rings (SSSR count). The van der Waals surface area contributed by atoms with Crippen molar-refractivity contribution in [1.29, 1.82) is 0 Å². The second-order valence-electron chi connectivity index (χ2n) is 11.0. The molecule has 1 fully saturated rings. The number of nitrogens with zero attached hydrogens (tertiary/aromatic N) is 5. The summed E-state index contributed by atoms with van der Waals surface area (Å²) in [4.78, 5) is 27.4. The Bertz CT molecular complexity index is 1510. The maximum Gasteiger partial charge on any atom is 0.425 e. The van der Waals surface area contributed by atoms with Crippen LogP contribution in [-0.2, 0) is 20.4 Å². The third-order valence-electron chi connectivity index (χ3n) is 7.13. The monoisotopic (exact) mass is 584 g/mol. The first-order valence-electron chi connectivity index (χ1n) is 12.9. The lowest BCUT2D eigenvalue weighted by atomic mass is 9.74. The van der Waals surface area contributed by atoms with E-state index >= 15 is 0 Å². The van der Waals surface area contributed by atoms with Crippen molar-refractivity contribution in [3.8, 4) is 10.6 Å². The number of urea groups is 1. The fraction of sp³-hybridized carbons (Fsp3) is 0.407. The number of ether oxygens (including phenoxy) is 1. The average Bonchev–Trinajstić information content (AvgIpc) is 3.52. The SMILES string of the molecule is CN(C(=O)OC(C)(C)C)S(=O)(=O)N1CC2(CCN(C(=O)Nc3nnc(-c4ccccc4)s3)CC2)c2ccccc21. The molecular formula is C27H32N6O5S2. The lowest BCUT2D eigenvalue weighted by molar-refractivity contribution is 0.0419. The Balaban J connectivity index is 1.28. The normalized spacial score (nSPS) is 16.5. The molecule has 0 bridgehead atoms. The van der Waals surface area contributed by atoms with Gasteiger partial charge in [-0.15, -0.1) is 10.2 Å². The van der Waals surface area contributed by atoms with E-state index in [1.54, 1.807) is 37.8 Å². The molecule has 1 N–H and O–H groups in total. The fourth-order valence-electron chi connectivity index (χ4n) is 5.07. The molecule has 40 heavy (non-hydrogen) atoms. The Morgan fingerprint density at radius 3 is 2.35 bits per heavy atom. The van der Waals surface area contributed by atoms with E-state index in [2.05, 4.69) is 15.5 Å². The van der Waals surface area contributed by atoms with Crippen molar-refractivity contribution in [3.63, 3.8) is 0 Å². The van der Waals surface area contributed by atoms with Gasteiger partial charge in [0, 0.05) is 37.7 Å². The van der Waals surface area contributed by atoms with Crippen LogP contribution >= 0.6 is 11.3 Å². The molecule has 11 nitrogen and oxygen atoms in total. The van der Waals surface area contributed by atoms with Crippen LogP contribution in [0.1, 0.15) is 39.2 Å². The number of para-hydroxylation sites is 1. The first kappa shape index (κ1) is 27.8. The van der Waals surface area contributed by atoms with Gasteiger partial charge in [0.1, 0.15) is 10.6 Å². The number of rotatable bonds is 4. The van der Waals surface area contributed by atoms with Crippen LogP contribution in [0.25, 0.3) is 10.6 Å². The number of carbonyl (C=O) groups is 2. The van der Waals surface area contributed by atoms with Gasteiger partial charge in [-0.3, -0.25) is 9.62 Å². The second kappa shape index (κ2) is 10.4. The Hall–Kier alpha value is -3.71. The second-order valence-corrected chi connectivity index (χ2v) is 13.8. The highest BCUT2D eigenvalue weighted by molar-refractivity contribution is 7.91. The predicted octanol–water partition coefficient (Wildman–Crippen LogP) is 4.70. The van der Waals surface area contributed by atoms with Crippen LogP contribution in [0.4, 0.5) is 20.4 Å². The highest BCUT2D eigenvalue weighted by Gasteiger charge is 2.50. The van der Waals surface area contributed by atoms with Crippen LogP contribution in [-0.4, -0.2) is 72.2 Å². The zero-order valence-electron chi connectivity index (χ0n) is 22.8. The van der Waals surface area contributed by atoms with Crippen LogP contribution in [0.15, 0.2) is 54.6 Å². The van der Waals surface area contributed by atoms with Crippen LogP contribution < -0.4 is 9.62 Å². The van der Waals surface area contributed by atoms with E-state index in [0.29, 0.717) is 46.1 Å². The molecule has 3 aromatic rings. The molecule has 1 aromatic heterocycles. The fourth-order valence-corrected chi connectivity index (χ4v) is 7.14. The molecule has 2 aliphatic rings. The summed E-state index contributed by atoms with van der Waals surface area (Å²) in [6, 6.07) is 16.7. The lowest BCUT2D eigenvalue weighted by Crippen LogP contribution is -2.51. The number of benzene rings is 2. The minimum atomic E-state index is -4.20. The molecule has 13 heteroatoms. The predicted molar refractivity (Wildman–Crippen MR) is 154 cm³/mol. The molecule has 0 unspecified atom stereocenters. The molecule has 0 atom stereocenters. The van der Waals surface area contributed by atoms with Gasteiger partial charge in [0.2, 0.25) is 5.13 Å². The number of carbonyl (C=O) groups excluding carboxylic acids is 2. The number of likely N-dealkylation sites (tertiary alicyclic amines) is 1.